The van der Waals surface area contributed by atoms with Crippen molar-refractivity contribution in [3.63, 3.8) is 0 Å². The molecule has 2 heterocycles. The summed E-state index contributed by atoms with van der Waals surface area (Å²) in [7, 11) is 0. The molecule has 3 rings (SSSR count). The van der Waals surface area contributed by atoms with E-state index in [4.69, 9.17) is 5.73 Å². The van der Waals surface area contributed by atoms with E-state index in [-0.39, 0.29) is 17.5 Å². The molecule has 1 saturated heterocycles. The van der Waals surface area contributed by atoms with E-state index in [1.165, 1.54) is 12.4 Å². The largest absolute Gasteiger partial charge is 0.364 e. The third-order valence-electron chi connectivity index (χ3n) is 3.53. The van der Waals surface area contributed by atoms with Crippen LogP contribution in [0.3, 0.4) is 0 Å². The van der Waals surface area contributed by atoms with Crippen LogP contribution in [0.1, 0.15) is 28.4 Å². The molecule has 1 unspecified atom stereocenters. The van der Waals surface area contributed by atoms with Crippen molar-refractivity contribution in [2.24, 2.45) is 5.73 Å². The van der Waals surface area contributed by atoms with Gasteiger partial charge in [0.25, 0.3) is 5.91 Å². The molecule has 2 aromatic rings. The van der Waals surface area contributed by atoms with E-state index in [0.29, 0.717) is 18.8 Å². The van der Waals surface area contributed by atoms with Gasteiger partial charge >= 0.3 is 0 Å². The third-order valence-corrected chi connectivity index (χ3v) is 3.53. The number of nitrogens with zero attached hydrogens (tertiary/aromatic N) is 2. The Balaban J connectivity index is 1.79. The highest BCUT2D eigenvalue weighted by Gasteiger charge is 2.22. The normalized spacial score (nSPS) is 17.1. The average Bonchev–Trinajstić information content (AvgIpc) is 2.94. The molecular weight excluding hydrogens is 282 g/mol. The van der Waals surface area contributed by atoms with Crippen molar-refractivity contribution in [3.8, 4) is 0 Å². The summed E-state index contributed by atoms with van der Waals surface area (Å²) in [5, 5.41) is 5.94. The number of rotatable bonds is 4. The van der Waals surface area contributed by atoms with Crippen LogP contribution in [-0.4, -0.2) is 28.3 Å². The number of amides is 2. The molecular formula is C15H15N5O2. The van der Waals surface area contributed by atoms with Gasteiger partial charge in [0.1, 0.15) is 17.8 Å². The predicted octanol–water partition coefficient (Wildman–Crippen LogP) is 0.923. The zero-order chi connectivity index (χ0) is 15.5. The molecule has 0 spiro atoms. The molecule has 0 radical (unpaired) electrons. The van der Waals surface area contributed by atoms with Gasteiger partial charge in [0.05, 0.1) is 0 Å². The minimum absolute atomic E-state index is 0.0743. The van der Waals surface area contributed by atoms with Gasteiger partial charge in [0.2, 0.25) is 5.91 Å². The molecule has 1 fully saturated rings. The number of primary amides is 1. The molecule has 1 aliphatic rings. The SMILES string of the molecule is NC(=O)c1cc(Nc2cccc(C3CNC(=O)C3)c2)ncn1. The zero-order valence-electron chi connectivity index (χ0n) is 11.7. The van der Waals surface area contributed by atoms with Crippen LogP contribution >= 0.6 is 0 Å². The van der Waals surface area contributed by atoms with Crippen LogP contribution in [-0.2, 0) is 4.79 Å². The zero-order valence-corrected chi connectivity index (χ0v) is 11.7. The molecule has 0 bridgehead atoms. The first-order valence-electron chi connectivity index (χ1n) is 6.87. The maximum absolute atomic E-state index is 11.3. The van der Waals surface area contributed by atoms with Gasteiger partial charge in [-0.3, -0.25) is 9.59 Å². The molecule has 0 saturated carbocycles. The van der Waals surface area contributed by atoms with Gasteiger partial charge in [-0.2, -0.15) is 0 Å². The number of hydrogen-bond donors (Lipinski definition) is 3. The van der Waals surface area contributed by atoms with Crippen LogP contribution in [0.2, 0.25) is 0 Å². The number of carbonyl (C=O) groups excluding carboxylic acids is 2. The highest BCUT2D eigenvalue weighted by molar-refractivity contribution is 5.91. The topological polar surface area (TPSA) is 110 Å². The molecule has 1 aliphatic heterocycles. The van der Waals surface area contributed by atoms with Gasteiger partial charge in [0.15, 0.2) is 0 Å². The molecule has 7 heteroatoms. The lowest BCUT2D eigenvalue weighted by molar-refractivity contribution is -0.119. The summed E-state index contributed by atoms with van der Waals surface area (Å²) >= 11 is 0. The minimum atomic E-state index is -0.602. The first-order chi connectivity index (χ1) is 10.6. The molecule has 4 N–H and O–H groups in total. The summed E-state index contributed by atoms with van der Waals surface area (Å²) in [5.41, 5.74) is 7.25. The van der Waals surface area contributed by atoms with Gasteiger partial charge in [-0.25, -0.2) is 9.97 Å². The Kier molecular flexibility index (Phi) is 3.69. The van der Waals surface area contributed by atoms with Crippen molar-refractivity contribution in [3.05, 3.63) is 47.9 Å². The number of nitrogens with one attached hydrogen (secondary N) is 2. The Bertz CT molecular complexity index is 731. The Hall–Kier alpha value is -2.96. The van der Waals surface area contributed by atoms with E-state index in [0.717, 1.165) is 11.3 Å². The number of carbonyl (C=O) groups is 2. The number of anilines is 2. The predicted molar refractivity (Wildman–Crippen MR) is 80.6 cm³/mol. The molecule has 112 valence electrons. The van der Waals surface area contributed by atoms with Crippen molar-refractivity contribution in [1.29, 1.82) is 0 Å². The summed E-state index contributed by atoms with van der Waals surface area (Å²) in [6.07, 6.45) is 1.79. The van der Waals surface area contributed by atoms with Crippen molar-refractivity contribution in [2.45, 2.75) is 12.3 Å². The average molecular weight is 297 g/mol. The lowest BCUT2D eigenvalue weighted by Gasteiger charge is -2.11. The molecule has 1 atom stereocenters. The maximum atomic E-state index is 11.3. The smallest absolute Gasteiger partial charge is 0.267 e. The molecule has 22 heavy (non-hydrogen) atoms. The Labute approximate surface area is 127 Å². The summed E-state index contributed by atoms with van der Waals surface area (Å²) in [6.45, 7) is 0.654. The molecule has 1 aromatic carbocycles. The fourth-order valence-electron chi connectivity index (χ4n) is 2.42. The van der Waals surface area contributed by atoms with Crippen LogP contribution in [0.15, 0.2) is 36.7 Å². The van der Waals surface area contributed by atoms with Crippen molar-refractivity contribution >= 4 is 23.3 Å². The van der Waals surface area contributed by atoms with Gasteiger partial charge in [-0.15, -0.1) is 0 Å². The molecule has 7 nitrogen and oxygen atoms in total. The first kappa shape index (κ1) is 14.0. The number of nitrogens with two attached hydrogens (primary N) is 1. The lowest BCUT2D eigenvalue weighted by Crippen LogP contribution is -2.13. The van der Waals surface area contributed by atoms with E-state index in [1.807, 2.05) is 24.3 Å². The Morgan fingerprint density at radius 1 is 1.32 bits per heavy atom. The molecule has 1 aromatic heterocycles. The van der Waals surface area contributed by atoms with E-state index in [9.17, 15) is 9.59 Å². The van der Waals surface area contributed by atoms with Gasteiger partial charge < -0.3 is 16.4 Å². The second-order valence-corrected chi connectivity index (χ2v) is 5.11. The molecule has 2 amide bonds. The Morgan fingerprint density at radius 3 is 2.91 bits per heavy atom. The van der Waals surface area contributed by atoms with Gasteiger partial charge in [-0.1, -0.05) is 12.1 Å². The van der Waals surface area contributed by atoms with Crippen LogP contribution in [0.5, 0.6) is 0 Å². The third kappa shape index (κ3) is 3.03. The summed E-state index contributed by atoms with van der Waals surface area (Å²) in [5.74, 6) is 0.141. The second kappa shape index (κ2) is 5.80. The van der Waals surface area contributed by atoms with Crippen molar-refractivity contribution in [1.82, 2.24) is 15.3 Å². The summed E-state index contributed by atoms with van der Waals surface area (Å²) in [4.78, 5) is 30.3. The lowest BCUT2D eigenvalue weighted by atomic mass is 9.98. The van der Waals surface area contributed by atoms with Crippen LogP contribution in [0.25, 0.3) is 0 Å². The van der Waals surface area contributed by atoms with Crippen LogP contribution in [0.4, 0.5) is 11.5 Å². The van der Waals surface area contributed by atoms with E-state index in [2.05, 4.69) is 20.6 Å². The Morgan fingerprint density at radius 2 is 2.18 bits per heavy atom. The number of aromatic nitrogens is 2. The monoisotopic (exact) mass is 297 g/mol. The quantitative estimate of drug-likeness (QED) is 0.777. The maximum Gasteiger partial charge on any atom is 0.267 e. The standard InChI is InChI=1S/C15H15N5O2/c16-15(22)12-6-13(19-8-18-12)20-11-3-1-2-9(4-11)10-5-14(21)17-7-10/h1-4,6,8,10H,5,7H2,(H2,16,22)(H,17,21)(H,18,19,20). The number of hydrogen-bond acceptors (Lipinski definition) is 5. The number of benzene rings is 1. The summed E-state index contributed by atoms with van der Waals surface area (Å²) in [6, 6.07) is 9.26. The van der Waals surface area contributed by atoms with Gasteiger partial charge in [-0.05, 0) is 17.7 Å². The van der Waals surface area contributed by atoms with Crippen molar-refractivity contribution in [2.75, 3.05) is 11.9 Å². The fraction of sp³-hybridized carbons (Fsp3) is 0.200. The first-order valence-corrected chi connectivity index (χ1v) is 6.87. The van der Waals surface area contributed by atoms with Crippen LogP contribution < -0.4 is 16.4 Å². The fourth-order valence-corrected chi connectivity index (χ4v) is 2.42. The van der Waals surface area contributed by atoms with E-state index >= 15 is 0 Å². The highest BCUT2D eigenvalue weighted by atomic mass is 16.2. The van der Waals surface area contributed by atoms with Crippen LogP contribution in [0, 0.1) is 0 Å². The van der Waals surface area contributed by atoms with Crippen molar-refractivity contribution < 1.29 is 9.59 Å². The highest BCUT2D eigenvalue weighted by Crippen LogP contribution is 2.26. The molecule has 0 aliphatic carbocycles. The summed E-state index contributed by atoms with van der Waals surface area (Å²) < 4.78 is 0. The van der Waals surface area contributed by atoms with Gasteiger partial charge in [0, 0.05) is 30.6 Å². The second-order valence-electron chi connectivity index (χ2n) is 5.11. The van der Waals surface area contributed by atoms with E-state index in [1.54, 1.807) is 0 Å². The minimum Gasteiger partial charge on any atom is -0.364 e. The van der Waals surface area contributed by atoms with E-state index < -0.39 is 5.91 Å².